The van der Waals surface area contributed by atoms with Gasteiger partial charge in [0, 0.05) is 101 Å². The van der Waals surface area contributed by atoms with Crippen molar-refractivity contribution in [3.8, 4) is 0 Å². The van der Waals surface area contributed by atoms with E-state index < -0.39 is 45.4 Å². The fraction of sp³-hybridized carbons (Fsp3) is 0.750. The maximum atomic E-state index is 13.3. The SMILES string of the molecule is CC(=O)O[C@]1(C(C)=O)CCC2C3CCC4=C(CCC5(C4)OCCO5)C3=CC[C@@]21C.CC(=O)O[C@]1(C(C)=O)CCC2C3CC[C@@]4(O)CC5(CCC4=C3[C@@H](c3ccc(N(C)C)cc3)C[C@@]21C)OCCO5.CC(=O)O[C@]1(C(C)=O)CCC2C3CC[C@@]45CC6(CC[C@@]4(O5)C3=CC[C@@]21C)OCCO6. The molecular formula is C80H107NO17. The van der Waals surface area contributed by atoms with Crippen LogP contribution in [0.5, 0.6) is 0 Å². The normalized spacial score (nSPS) is 42.6. The molecular weight excluding hydrogens is 1250 g/mol. The summed E-state index contributed by atoms with van der Waals surface area (Å²) in [7, 11) is 4.07. The third-order valence-corrected chi connectivity index (χ3v) is 29.4. The summed E-state index contributed by atoms with van der Waals surface area (Å²) in [4.78, 5) is 77.2. The van der Waals surface area contributed by atoms with E-state index in [2.05, 4.69) is 62.1 Å². The van der Waals surface area contributed by atoms with E-state index in [4.69, 9.17) is 47.4 Å². The minimum absolute atomic E-state index is 0.000373. The molecule has 1 aromatic rings. The summed E-state index contributed by atoms with van der Waals surface area (Å²) in [5.41, 5.74) is 5.35. The Morgan fingerprint density at radius 1 is 0.510 bits per heavy atom. The van der Waals surface area contributed by atoms with Crippen molar-refractivity contribution >= 4 is 40.9 Å². The summed E-state index contributed by atoms with van der Waals surface area (Å²) in [6.07, 6.45) is 24.8. The van der Waals surface area contributed by atoms with Crippen LogP contribution in [0.2, 0.25) is 0 Å². The molecule has 0 bridgehead atoms. The number of ketones is 3. The van der Waals surface area contributed by atoms with Crippen LogP contribution in [0.3, 0.4) is 0 Å². The molecule has 1 N–H and O–H groups in total. The number of hydrogen-bond acceptors (Lipinski definition) is 18. The van der Waals surface area contributed by atoms with Gasteiger partial charge < -0.3 is 57.4 Å². The molecule has 4 aliphatic heterocycles. The predicted molar refractivity (Wildman–Crippen MR) is 361 cm³/mol. The number of nitrogens with zero attached hydrogens (tertiary/aromatic N) is 1. The number of hydrogen-bond donors (Lipinski definition) is 1. The van der Waals surface area contributed by atoms with Gasteiger partial charge in [-0.05, 0) is 212 Å². The summed E-state index contributed by atoms with van der Waals surface area (Å²) in [5.74, 6) is -0.604. The summed E-state index contributed by atoms with van der Waals surface area (Å²) in [6, 6.07) is 8.69. The predicted octanol–water partition coefficient (Wildman–Crippen LogP) is 12.6. The van der Waals surface area contributed by atoms with Gasteiger partial charge in [0.15, 0.2) is 51.5 Å². The Hall–Kier alpha value is -4.92. The summed E-state index contributed by atoms with van der Waals surface area (Å²) in [5, 5.41) is 12.2. The van der Waals surface area contributed by atoms with E-state index in [9.17, 15) is 33.9 Å². The molecule has 0 amide bonds. The van der Waals surface area contributed by atoms with Gasteiger partial charge in [0.2, 0.25) is 0 Å². The summed E-state index contributed by atoms with van der Waals surface area (Å²) < 4.78 is 60.5. The fourth-order valence-electron chi connectivity index (χ4n) is 25.1. The number of rotatable bonds is 8. The second kappa shape index (κ2) is 23.8. The molecule has 0 radical (unpaired) electrons. The lowest BCUT2D eigenvalue weighted by molar-refractivity contribution is -0.209. The van der Waals surface area contributed by atoms with Crippen molar-refractivity contribution in [2.45, 2.75) is 273 Å². The van der Waals surface area contributed by atoms with Crippen LogP contribution < -0.4 is 4.90 Å². The molecule has 12 aliphatic carbocycles. The fourth-order valence-corrected chi connectivity index (χ4v) is 25.1. The Balaban J connectivity index is 0.000000122. The van der Waals surface area contributed by atoms with Gasteiger partial charge in [-0.2, -0.15) is 0 Å². The van der Waals surface area contributed by atoms with Gasteiger partial charge in [0.1, 0.15) is 11.2 Å². The lowest BCUT2D eigenvalue weighted by Gasteiger charge is -2.57. The molecule has 6 unspecified atom stereocenters. The van der Waals surface area contributed by atoms with Crippen LogP contribution in [0.1, 0.15) is 228 Å². The Bertz CT molecular complexity index is 3600. The van der Waals surface area contributed by atoms with Gasteiger partial charge in [-0.15, -0.1) is 0 Å². The molecule has 3 spiro atoms. The highest BCUT2D eigenvalue weighted by molar-refractivity contribution is 5.91. The van der Waals surface area contributed by atoms with Crippen LogP contribution in [-0.2, 0) is 76.1 Å². The van der Waals surface area contributed by atoms with Crippen LogP contribution in [0.4, 0.5) is 5.69 Å². The molecule has 18 nitrogen and oxygen atoms in total. The van der Waals surface area contributed by atoms with Crippen molar-refractivity contribution in [1.82, 2.24) is 0 Å². The van der Waals surface area contributed by atoms with Crippen molar-refractivity contribution in [2.75, 3.05) is 58.6 Å². The molecule has 11 fully saturated rings. The van der Waals surface area contributed by atoms with Crippen LogP contribution in [0.15, 0.2) is 69.9 Å². The van der Waals surface area contributed by atoms with E-state index in [1.54, 1.807) is 20.8 Å². The van der Waals surface area contributed by atoms with Crippen LogP contribution in [0.25, 0.3) is 0 Å². The number of aliphatic hydroxyl groups is 1. The number of benzene rings is 1. The maximum absolute atomic E-state index is 13.3. The Morgan fingerprint density at radius 2 is 1.01 bits per heavy atom. The van der Waals surface area contributed by atoms with Gasteiger partial charge in [-0.1, -0.05) is 56.2 Å². The number of ether oxygens (including phenoxy) is 10. The quantitative estimate of drug-likeness (QED) is 0.111. The van der Waals surface area contributed by atoms with Crippen molar-refractivity contribution < 1.29 is 81.2 Å². The van der Waals surface area contributed by atoms with Gasteiger partial charge in [-0.25, -0.2) is 0 Å². The van der Waals surface area contributed by atoms with E-state index in [0.717, 1.165) is 121 Å². The first kappa shape index (κ1) is 68.8. The van der Waals surface area contributed by atoms with Gasteiger partial charge >= 0.3 is 17.9 Å². The molecule has 7 saturated carbocycles. The zero-order valence-corrected chi connectivity index (χ0v) is 60.1. The first-order valence-corrected chi connectivity index (χ1v) is 37.5. The summed E-state index contributed by atoms with van der Waals surface area (Å²) in [6.45, 7) is 19.5. The van der Waals surface area contributed by atoms with Crippen molar-refractivity contribution in [2.24, 2.45) is 51.8 Å². The number of allylic oxidation sites excluding steroid dienone is 5. The lowest BCUT2D eigenvalue weighted by Crippen LogP contribution is -2.58. The molecule has 18 heteroatoms. The minimum Gasteiger partial charge on any atom is -0.451 e. The molecule has 0 aromatic heterocycles. The second-order valence-electron chi connectivity index (χ2n) is 33.8. The van der Waals surface area contributed by atoms with Crippen molar-refractivity contribution in [3.05, 3.63) is 75.4 Å². The molecule has 534 valence electrons. The smallest absolute Gasteiger partial charge is 0.303 e. The first-order chi connectivity index (χ1) is 46.5. The number of fused-ring (bicyclic) bond motifs is 11. The average molecular weight is 1350 g/mol. The standard InChI is InChI=1S/C32H43NO6.C24H32O6.C24H32O5/c1-20(34)32(39-21(2)35)15-12-26-24-10-13-30(36)19-31(37-16-17-38-31)14-11-27(30)28(24)25(18-29(26,32)3)22-6-8-23(9-7-22)33(4)5;1-15(25)23(29-16(2)26)9-6-18-17-4-8-21-14-22(27-12-13-28-22)10-11-24(21,30-21)19(17)5-7-20(18,23)3;1-15(25)24(29-16(2)26)11-8-21-20-5-4-17-14-23(27-12-13-28-23)10-7-18(17)19(20)6-9-22(21,24)3/h6-9,24-26,36H,10-19H2,1-5H3;5,17-18H,4,6-14H2,1-3H3;6,20-21H,4-5,7-14H2,1-3H3/t24?,25-,26?,29+,30-,32+;17?,18?,20-,21+,23-,24+;20?,21?,22-,24-/m100/s1. The molecule has 98 heavy (non-hydrogen) atoms. The summed E-state index contributed by atoms with van der Waals surface area (Å²) >= 11 is 0. The molecule has 4 saturated heterocycles. The Morgan fingerprint density at radius 3 is 1.56 bits per heavy atom. The third kappa shape index (κ3) is 10.1. The molecule has 4 heterocycles. The lowest BCUT2D eigenvalue weighted by atomic mass is 9.49. The molecule has 16 aliphatic rings. The zero-order valence-electron chi connectivity index (χ0n) is 60.1. The van der Waals surface area contributed by atoms with Gasteiger partial charge in [0.25, 0.3) is 0 Å². The van der Waals surface area contributed by atoms with Crippen LogP contribution in [0, 0.1) is 51.8 Å². The number of anilines is 1. The van der Waals surface area contributed by atoms with Crippen molar-refractivity contribution in [3.63, 3.8) is 0 Å². The Kier molecular flexibility index (Phi) is 16.7. The number of epoxide rings is 1. The highest BCUT2D eigenvalue weighted by atomic mass is 16.8. The molecule has 1 aromatic carbocycles. The van der Waals surface area contributed by atoms with E-state index >= 15 is 0 Å². The highest BCUT2D eigenvalue weighted by Gasteiger charge is 2.80. The average Bonchev–Trinajstić information content (AvgIpc) is 1.48. The number of carbonyl (C=O) groups is 6. The number of Topliss-reactive ketones (excluding diaryl/α,β-unsaturated/α-hetero) is 3. The van der Waals surface area contributed by atoms with Crippen molar-refractivity contribution in [1.29, 1.82) is 0 Å². The topological polar surface area (TPSA) is 221 Å². The zero-order chi connectivity index (χ0) is 69.2. The Labute approximate surface area is 578 Å². The van der Waals surface area contributed by atoms with Gasteiger partial charge in [0.05, 0.1) is 45.2 Å². The third-order valence-electron chi connectivity index (χ3n) is 29.4. The van der Waals surface area contributed by atoms with E-state index in [0.29, 0.717) is 102 Å². The number of esters is 3. The van der Waals surface area contributed by atoms with Crippen LogP contribution >= 0.6 is 0 Å². The highest BCUT2D eigenvalue weighted by Crippen LogP contribution is 2.75. The van der Waals surface area contributed by atoms with E-state index in [1.165, 1.54) is 59.8 Å². The van der Waals surface area contributed by atoms with Gasteiger partial charge in [-0.3, -0.25) is 28.8 Å². The van der Waals surface area contributed by atoms with E-state index in [-0.39, 0.29) is 74.9 Å². The molecule has 16 atom stereocenters. The maximum Gasteiger partial charge on any atom is 0.303 e. The molecule has 17 rings (SSSR count). The second-order valence-corrected chi connectivity index (χ2v) is 33.8. The first-order valence-electron chi connectivity index (χ1n) is 37.5. The van der Waals surface area contributed by atoms with E-state index in [1.807, 2.05) is 14.1 Å². The minimum atomic E-state index is -1.11. The van der Waals surface area contributed by atoms with Crippen LogP contribution in [-0.4, -0.2) is 145 Å². The monoisotopic (exact) mass is 1350 g/mol. The largest absolute Gasteiger partial charge is 0.451 e. The number of carbonyl (C=O) groups excluding carboxylic acids is 6.